The van der Waals surface area contributed by atoms with Crippen molar-refractivity contribution in [1.82, 2.24) is 5.32 Å². The van der Waals surface area contributed by atoms with E-state index < -0.39 is 5.97 Å². The lowest BCUT2D eigenvalue weighted by atomic mass is 9.99. The summed E-state index contributed by atoms with van der Waals surface area (Å²) < 4.78 is 15.6. The van der Waals surface area contributed by atoms with Gasteiger partial charge in [-0.05, 0) is 24.6 Å². The van der Waals surface area contributed by atoms with Gasteiger partial charge in [-0.3, -0.25) is 4.79 Å². The van der Waals surface area contributed by atoms with Gasteiger partial charge in [0.1, 0.15) is 0 Å². The molecular formula is C15H19NO5. The summed E-state index contributed by atoms with van der Waals surface area (Å²) in [4.78, 5) is 22.9. The number of hydrogen-bond acceptors (Lipinski definition) is 5. The number of benzene rings is 1. The topological polar surface area (TPSA) is 73.9 Å². The number of piperidine rings is 1. The maximum absolute atomic E-state index is 11.5. The first-order valence-electron chi connectivity index (χ1n) is 6.80. The van der Waals surface area contributed by atoms with E-state index in [0.29, 0.717) is 36.6 Å². The fourth-order valence-electron chi connectivity index (χ4n) is 2.24. The Morgan fingerprint density at radius 1 is 1.33 bits per heavy atom. The zero-order valence-corrected chi connectivity index (χ0v) is 12.2. The summed E-state index contributed by atoms with van der Waals surface area (Å²) in [5.41, 5.74) is 0.398. The van der Waals surface area contributed by atoms with Gasteiger partial charge >= 0.3 is 5.97 Å². The SMILES string of the molecule is COC(=O)c1ccc(OC)c(OCC2CCNC(=O)C2)c1. The van der Waals surface area contributed by atoms with Gasteiger partial charge in [0.15, 0.2) is 11.5 Å². The van der Waals surface area contributed by atoms with Crippen LogP contribution in [0.4, 0.5) is 0 Å². The molecule has 0 aromatic heterocycles. The Balaban J connectivity index is 2.06. The molecule has 1 fully saturated rings. The molecule has 1 heterocycles. The molecule has 1 aromatic rings. The van der Waals surface area contributed by atoms with E-state index in [2.05, 4.69) is 10.1 Å². The van der Waals surface area contributed by atoms with E-state index >= 15 is 0 Å². The van der Waals surface area contributed by atoms with Gasteiger partial charge in [0, 0.05) is 18.9 Å². The van der Waals surface area contributed by atoms with Crippen LogP contribution in [0.2, 0.25) is 0 Å². The van der Waals surface area contributed by atoms with Crippen molar-refractivity contribution < 1.29 is 23.8 Å². The van der Waals surface area contributed by atoms with Crippen LogP contribution in [-0.4, -0.2) is 39.2 Å². The van der Waals surface area contributed by atoms with Gasteiger partial charge in [-0.2, -0.15) is 0 Å². The number of nitrogens with one attached hydrogen (secondary N) is 1. The maximum Gasteiger partial charge on any atom is 0.337 e. The molecule has 0 aliphatic carbocycles. The Kier molecular flexibility index (Phi) is 5.03. The molecule has 0 bridgehead atoms. The molecular weight excluding hydrogens is 274 g/mol. The smallest absolute Gasteiger partial charge is 0.337 e. The predicted molar refractivity (Wildman–Crippen MR) is 75.6 cm³/mol. The highest BCUT2D eigenvalue weighted by Gasteiger charge is 2.20. The number of ether oxygens (including phenoxy) is 3. The van der Waals surface area contributed by atoms with Gasteiger partial charge in [0.25, 0.3) is 0 Å². The Hall–Kier alpha value is -2.24. The lowest BCUT2D eigenvalue weighted by molar-refractivity contribution is -0.123. The number of rotatable bonds is 5. The van der Waals surface area contributed by atoms with Crippen molar-refractivity contribution in [2.24, 2.45) is 5.92 Å². The molecule has 1 unspecified atom stereocenters. The number of hydrogen-bond donors (Lipinski definition) is 1. The van der Waals surface area contributed by atoms with Crippen molar-refractivity contribution in [3.05, 3.63) is 23.8 Å². The number of carbonyl (C=O) groups is 2. The molecule has 1 aliphatic rings. The minimum Gasteiger partial charge on any atom is -0.493 e. The average Bonchev–Trinajstić information content (AvgIpc) is 2.52. The molecule has 1 saturated heterocycles. The van der Waals surface area contributed by atoms with E-state index in [1.54, 1.807) is 18.2 Å². The number of esters is 1. The Labute approximate surface area is 123 Å². The minimum atomic E-state index is -0.431. The van der Waals surface area contributed by atoms with E-state index in [0.717, 1.165) is 6.42 Å². The zero-order valence-electron chi connectivity index (χ0n) is 12.2. The molecule has 1 aromatic carbocycles. The number of carbonyl (C=O) groups excluding carboxylic acids is 2. The quantitative estimate of drug-likeness (QED) is 0.830. The van der Waals surface area contributed by atoms with Crippen molar-refractivity contribution in [2.45, 2.75) is 12.8 Å². The average molecular weight is 293 g/mol. The molecule has 1 N–H and O–H groups in total. The lowest BCUT2D eigenvalue weighted by Gasteiger charge is -2.22. The predicted octanol–water partition coefficient (Wildman–Crippen LogP) is 1.39. The molecule has 0 spiro atoms. The van der Waals surface area contributed by atoms with Crippen LogP contribution in [0.15, 0.2) is 18.2 Å². The summed E-state index contributed by atoms with van der Waals surface area (Å²) in [6, 6.07) is 4.87. The first kappa shape index (κ1) is 15.2. The fraction of sp³-hybridized carbons (Fsp3) is 0.467. The lowest BCUT2D eigenvalue weighted by Crippen LogP contribution is -2.35. The number of methoxy groups -OCH3 is 2. The zero-order chi connectivity index (χ0) is 15.2. The maximum atomic E-state index is 11.5. The first-order valence-corrected chi connectivity index (χ1v) is 6.80. The van der Waals surface area contributed by atoms with Crippen LogP contribution >= 0.6 is 0 Å². The van der Waals surface area contributed by atoms with Gasteiger partial charge in [-0.1, -0.05) is 0 Å². The highest BCUT2D eigenvalue weighted by atomic mass is 16.5. The van der Waals surface area contributed by atoms with Crippen LogP contribution in [0, 0.1) is 5.92 Å². The van der Waals surface area contributed by atoms with Crippen molar-refractivity contribution in [3.8, 4) is 11.5 Å². The summed E-state index contributed by atoms with van der Waals surface area (Å²) in [6.07, 6.45) is 1.34. The van der Waals surface area contributed by atoms with Crippen molar-refractivity contribution in [2.75, 3.05) is 27.4 Å². The molecule has 114 valence electrons. The van der Waals surface area contributed by atoms with Crippen LogP contribution in [0.25, 0.3) is 0 Å². The van der Waals surface area contributed by atoms with E-state index in [-0.39, 0.29) is 11.8 Å². The summed E-state index contributed by atoms with van der Waals surface area (Å²) >= 11 is 0. The summed E-state index contributed by atoms with van der Waals surface area (Å²) in [7, 11) is 2.86. The van der Waals surface area contributed by atoms with Crippen LogP contribution in [-0.2, 0) is 9.53 Å². The summed E-state index contributed by atoms with van der Waals surface area (Å²) in [6.45, 7) is 1.08. The largest absolute Gasteiger partial charge is 0.493 e. The van der Waals surface area contributed by atoms with Gasteiger partial charge in [0.05, 0.1) is 26.4 Å². The Bertz CT molecular complexity index is 529. The molecule has 0 saturated carbocycles. The second-order valence-electron chi connectivity index (χ2n) is 4.88. The molecule has 6 nitrogen and oxygen atoms in total. The Morgan fingerprint density at radius 3 is 2.81 bits per heavy atom. The fourth-order valence-corrected chi connectivity index (χ4v) is 2.24. The molecule has 1 aliphatic heterocycles. The van der Waals surface area contributed by atoms with E-state index in [1.165, 1.54) is 14.2 Å². The van der Waals surface area contributed by atoms with Gasteiger partial charge in [0.2, 0.25) is 5.91 Å². The van der Waals surface area contributed by atoms with Gasteiger partial charge in [-0.25, -0.2) is 4.79 Å². The third-order valence-corrected chi connectivity index (χ3v) is 3.41. The Morgan fingerprint density at radius 2 is 2.14 bits per heavy atom. The molecule has 0 radical (unpaired) electrons. The molecule has 21 heavy (non-hydrogen) atoms. The van der Waals surface area contributed by atoms with Crippen molar-refractivity contribution >= 4 is 11.9 Å². The minimum absolute atomic E-state index is 0.0464. The van der Waals surface area contributed by atoms with Gasteiger partial charge < -0.3 is 19.5 Å². The highest BCUT2D eigenvalue weighted by Crippen LogP contribution is 2.29. The van der Waals surface area contributed by atoms with Crippen LogP contribution < -0.4 is 14.8 Å². The van der Waals surface area contributed by atoms with E-state index in [9.17, 15) is 9.59 Å². The van der Waals surface area contributed by atoms with Crippen molar-refractivity contribution in [1.29, 1.82) is 0 Å². The molecule has 1 amide bonds. The summed E-state index contributed by atoms with van der Waals surface area (Å²) in [5.74, 6) is 0.809. The standard InChI is InChI=1S/C15H19NO5/c1-19-12-4-3-11(15(18)20-2)8-13(12)21-9-10-5-6-16-14(17)7-10/h3-4,8,10H,5-7,9H2,1-2H3,(H,16,17). The van der Waals surface area contributed by atoms with E-state index in [1.807, 2.05) is 0 Å². The molecule has 2 rings (SSSR count). The third kappa shape index (κ3) is 3.87. The van der Waals surface area contributed by atoms with Crippen LogP contribution in [0.5, 0.6) is 11.5 Å². The van der Waals surface area contributed by atoms with Crippen LogP contribution in [0.3, 0.4) is 0 Å². The first-order chi connectivity index (χ1) is 10.1. The molecule has 6 heteroatoms. The highest BCUT2D eigenvalue weighted by molar-refractivity contribution is 5.90. The second kappa shape index (κ2) is 6.97. The third-order valence-electron chi connectivity index (χ3n) is 3.41. The van der Waals surface area contributed by atoms with Crippen LogP contribution in [0.1, 0.15) is 23.2 Å². The molecule has 1 atom stereocenters. The normalized spacial score (nSPS) is 17.8. The monoisotopic (exact) mass is 293 g/mol. The van der Waals surface area contributed by atoms with Gasteiger partial charge in [-0.15, -0.1) is 0 Å². The van der Waals surface area contributed by atoms with Crippen molar-refractivity contribution in [3.63, 3.8) is 0 Å². The number of amides is 1. The van der Waals surface area contributed by atoms with E-state index in [4.69, 9.17) is 9.47 Å². The second-order valence-corrected chi connectivity index (χ2v) is 4.88. The summed E-state index contributed by atoms with van der Waals surface area (Å²) in [5, 5.41) is 2.78.